The van der Waals surface area contributed by atoms with Gasteiger partial charge in [0.05, 0.1) is 12.2 Å². The molecule has 0 spiro atoms. The van der Waals surface area contributed by atoms with Gasteiger partial charge in [-0.25, -0.2) is 4.63 Å². The summed E-state index contributed by atoms with van der Waals surface area (Å²) in [6, 6.07) is -0.0702. The zero-order valence-corrected chi connectivity index (χ0v) is 9.35. The predicted octanol–water partition coefficient (Wildman–Crippen LogP) is 0.170. The number of nitrogens with zero attached hydrogens (tertiary/aromatic N) is 3. The summed E-state index contributed by atoms with van der Waals surface area (Å²) in [6.07, 6.45) is 3.36. The van der Waals surface area contributed by atoms with Crippen LogP contribution in [-0.4, -0.2) is 40.3 Å². The summed E-state index contributed by atoms with van der Waals surface area (Å²) in [7, 11) is 0. The molecule has 1 aliphatic rings. The SMILES string of the molecule is CC[C@H]1C(=O)NCCCN1Cc1cnon1. The molecular weight excluding hydrogens is 208 g/mol. The highest BCUT2D eigenvalue weighted by atomic mass is 16.6. The number of hydrogen-bond acceptors (Lipinski definition) is 5. The van der Waals surface area contributed by atoms with Gasteiger partial charge >= 0.3 is 0 Å². The Balaban J connectivity index is 2.07. The quantitative estimate of drug-likeness (QED) is 0.792. The van der Waals surface area contributed by atoms with Gasteiger partial charge in [-0.15, -0.1) is 0 Å². The van der Waals surface area contributed by atoms with E-state index >= 15 is 0 Å². The molecule has 88 valence electrons. The van der Waals surface area contributed by atoms with Crippen LogP contribution < -0.4 is 5.32 Å². The van der Waals surface area contributed by atoms with Crippen LogP contribution in [0.5, 0.6) is 0 Å². The van der Waals surface area contributed by atoms with E-state index in [0.717, 1.165) is 31.6 Å². The number of amides is 1. The Kier molecular flexibility index (Phi) is 3.51. The minimum absolute atomic E-state index is 0.0702. The Morgan fingerprint density at radius 1 is 1.69 bits per heavy atom. The molecule has 1 atom stereocenters. The van der Waals surface area contributed by atoms with Gasteiger partial charge in [0, 0.05) is 19.6 Å². The summed E-state index contributed by atoms with van der Waals surface area (Å²) >= 11 is 0. The maximum Gasteiger partial charge on any atom is 0.237 e. The normalized spacial score (nSPS) is 22.8. The predicted molar refractivity (Wildman–Crippen MR) is 56.4 cm³/mol. The molecule has 0 bridgehead atoms. The lowest BCUT2D eigenvalue weighted by atomic mass is 10.1. The summed E-state index contributed by atoms with van der Waals surface area (Å²) in [5, 5.41) is 10.3. The third-order valence-corrected chi connectivity index (χ3v) is 2.82. The third-order valence-electron chi connectivity index (χ3n) is 2.82. The Morgan fingerprint density at radius 3 is 3.25 bits per heavy atom. The van der Waals surface area contributed by atoms with Crippen LogP contribution in [0, 0.1) is 0 Å². The molecule has 0 saturated carbocycles. The van der Waals surface area contributed by atoms with Gasteiger partial charge in [0.25, 0.3) is 0 Å². The second-order valence-corrected chi connectivity index (χ2v) is 3.94. The fourth-order valence-corrected chi connectivity index (χ4v) is 2.03. The number of rotatable bonds is 3. The van der Waals surface area contributed by atoms with E-state index in [-0.39, 0.29) is 11.9 Å². The van der Waals surface area contributed by atoms with E-state index < -0.39 is 0 Å². The molecular formula is C10H16N4O2. The van der Waals surface area contributed by atoms with E-state index in [2.05, 4.69) is 25.2 Å². The van der Waals surface area contributed by atoms with Crippen LogP contribution in [-0.2, 0) is 11.3 Å². The smallest absolute Gasteiger partial charge is 0.237 e. The van der Waals surface area contributed by atoms with Crippen LogP contribution in [0.1, 0.15) is 25.5 Å². The molecule has 0 unspecified atom stereocenters. The standard InChI is InChI=1S/C10H16N4O2/c1-2-9-10(15)11-4-3-5-14(9)7-8-6-12-16-13-8/h6,9H,2-5,7H2,1H3,(H,11,15)/t9-/m0/s1. The van der Waals surface area contributed by atoms with E-state index in [1.807, 2.05) is 6.92 Å². The topological polar surface area (TPSA) is 71.3 Å². The zero-order valence-electron chi connectivity index (χ0n) is 9.35. The highest BCUT2D eigenvalue weighted by molar-refractivity contribution is 5.81. The number of aromatic nitrogens is 2. The van der Waals surface area contributed by atoms with Gasteiger partial charge in [-0.1, -0.05) is 17.2 Å². The van der Waals surface area contributed by atoms with E-state index in [0.29, 0.717) is 6.54 Å². The third kappa shape index (κ3) is 2.38. The Hall–Kier alpha value is -1.43. The van der Waals surface area contributed by atoms with Crippen LogP contribution >= 0.6 is 0 Å². The number of carbonyl (C=O) groups excluding carboxylic acids is 1. The molecule has 2 heterocycles. The average Bonchev–Trinajstić information content (AvgIpc) is 2.71. The van der Waals surface area contributed by atoms with E-state index in [1.165, 1.54) is 0 Å². The second kappa shape index (κ2) is 5.07. The van der Waals surface area contributed by atoms with Crippen LogP contribution in [0.2, 0.25) is 0 Å². The lowest BCUT2D eigenvalue weighted by molar-refractivity contribution is -0.125. The molecule has 2 rings (SSSR count). The molecule has 1 amide bonds. The highest BCUT2D eigenvalue weighted by Gasteiger charge is 2.26. The van der Waals surface area contributed by atoms with E-state index in [9.17, 15) is 4.79 Å². The van der Waals surface area contributed by atoms with Crippen LogP contribution in [0.3, 0.4) is 0 Å². The summed E-state index contributed by atoms with van der Waals surface area (Å²) < 4.78 is 4.56. The van der Waals surface area contributed by atoms with Crippen molar-refractivity contribution in [2.75, 3.05) is 13.1 Å². The van der Waals surface area contributed by atoms with Crippen molar-refractivity contribution >= 4 is 5.91 Å². The van der Waals surface area contributed by atoms with Crippen molar-refractivity contribution in [2.24, 2.45) is 0 Å². The fourth-order valence-electron chi connectivity index (χ4n) is 2.03. The monoisotopic (exact) mass is 224 g/mol. The first-order chi connectivity index (χ1) is 7.81. The number of hydrogen-bond donors (Lipinski definition) is 1. The van der Waals surface area contributed by atoms with Gasteiger partial charge in [-0.3, -0.25) is 9.69 Å². The van der Waals surface area contributed by atoms with Gasteiger partial charge < -0.3 is 5.32 Å². The van der Waals surface area contributed by atoms with Gasteiger partial charge in [-0.2, -0.15) is 0 Å². The summed E-state index contributed by atoms with van der Waals surface area (Å²) in [5.41, 5.74) is 0.771. The van der Waals surface area contributed by atoms with Crippen LogP contribution in [0.25, 0.3) is 0 Å². The van der Waals surface area contributed by atoms with Gasteiger partial charge in [-0.05, 0) is 12.8 Å². The van der Waals surface area contributed by atoms with Crippen molar-refractivity contribution in [3.8, 4) is 0 Å². The molecule has 1 saturated heterocycles. The van der Waals surface area contributed by atoms with Crippen molar-refractivity contribution in [3.05, 3.63) is 11.9 Å². The molecule has 1 fully saturated rings. The summed E-state index contributed by atoms with van der Waals surface area (Å²) in [4.78, 5) is 13.9. The van der Waals surface area contributed by atoms with Crippen LogP contribution in [0.15, 0.2) is 10.8 Å². The first kappa shape index (κ1) is 11.1. The molecule has 0 aromatic carbocycles. The Bertz CT molecular complexity index is 339. The minimum Gasteiger partial charge on any atom is -0.355 e. The van der Waals surface area contributed by atoms with Gasteiger partial charge in [0.2, 0.25) is 5.91 Å². The van der Waals surface area contributed by atoms with Crippen molar-refractivity contribution < 1.29 is 9.42 Å². The van der Waals surface area contributed by atoms with E-state index in [1.54, 1.807) is 6.20 Å². The molecule has 1 aliphatic heterocycles. The average molecular weight is 224 g/mol. The maximum absolute atomic E-state index is 11.8. The first-order valence-corrected chi connectivity index (χ1v) is 5.59. The lowest BCUT2D eigenvalue weighted by Crippen LogP contribution is -2.43. The summed E-state index contributed by atoms with van der Waals surface area (Å²) in [6.45, 7) is 4.28. The highest BCUT2D eigenvalue weighted by Crippen LogP contribution is 2.12. The number of nitrogens with one attached hydrogen (secondary N) is 1. The molecule has 6 nitrogen and oxygen atoms in total. The molecule has 0 radical (unpaired) electrons. The lowest BCUT2D eigenvalue weighted by Gasteiger charge is -2.25. The molecule has 0 aliphatic carbocycles. The minimum atomic E-state index is -0.0702. The van der Waals surface area contributed by atoms with Crippen molar-refractivity contribution in [3.63, 3.8) is 0 Å². The molecule has 16 heavy (non-hydrogen) atoms. The Labute approximate surface area is 94.0 Å². The molecule has 6 heteroatoms. The second-order valence-electron chi connectivity index (χ2n) is 3.94. The molecule has 1 aromatic rings. The van der Waals surface area contributed by atoms with Crippen molar-refractivity contribution in [2.45, 2.75) is 32.4 Å². The summed E-state index contributed by atoms with van der Waals surface area (Å²) in [5.74, 6) is 0.108. The van der Waals surface area contributed by atoms with E-state index in [4.69, 9.17) is 0 Å². The Morgan fingerprint density at radius 2 is 2.56 bits per heavy atom. The fraction of sp³-hybridized carbons (Fsp3) is 0.700. The van der Waals surface area contributed by atoms with Crippen LogP contribution in [0.4, 0.5) is 0 Å². The first-order valence-electron chi connectivity index (χ1n) is 5.59. The number of carbonyl (C=O) groups is 1. The van der Waals surface area contributed by atoms with Crippen molar-refractivity contribution in [1.29, 1.82) is 0 Å². The van der Waals surface area contributed by atoms with Gasteiger partial charge in [0.1, 0.15) is 5.69 Å². The van der Waals surface area contributed by atoms with Crippen molar-refractivity contribution in [1.82, 2.24) is 20.5 Å². The molecule has 1 N–H and O–H groups in total. The molecule has 1 aromatic heterocycles. The van der Waals surface area contributed by atoms with Gasteiger partial charge in [0.15, 0.2) is 0 Å². The maximum atomic E-state index is 11.8. The largest absolute Gasteiger partial charge is 0.355 e. The zero-order chi connectivity index (χ0) is 11.4.